The van der Waals surface area contributed by atoms with Gasteiger partial charge in [0.15, 0.2) is 0 Å². The molecule has 0 aromatic heterocycles. The molecule has 0 bridgehead atoms. The molecule has 0 radical (unpaired) electrons. The van der Waals surface area contributed by atoms with E-state index in [1.165, 1.54) is 30.6 Å². The second kappa shape index (κ2) is 8.06. The normalized spacial score (nSPS) is 22.5. The van der Waals surface area contributed by atoms with Crippen molar-refractivity contribution in [1.82, 2.24) is 5.32 Å². The summed E-state index contributed by atoms with van der Waals surface area (Å²) in [5.41, 5.74) is 0.891. The number of anilines is 1. The Morgan fingerprint density at radius 1 is 1.12 bits per heavy atom. The van der Waals surface area contributed by atoms with Gasteiger partial charge < -0.3 is 10.2 Å². The maximum absolute atomic E-state index is 12.6. The third kappa shape index (κ3) is 4.12. The van der Waals surface area contributed by atoms with E-state index in [1.54, 1.807) is 16.7 Å². The van der Waals surface area contributed by atoms with Gasteiger partial charge in [-0.2, -0.15) is 0 Å². The van der Waals surface area contributed by atoms with Crippen LogP contribution in [0.3, 0.4) is 0 Å². The molecule has 5 heteroatoms. The number of nitrogens with zero attached hydrogens (tertiary/aromatic N) is 1. The van der Waals surface area contributed by atoms with Gasteiger partial charge in [0.1, 0.15) is 0 Å². The highest BCUT2D eigenvalue weighted by molar-refractivity contribution is 7.98. The fraction of sp³-hybridized carbons (Fsp3) is 0.579. The van der Waals surface area contributed by atoms with Gasteiger partial charge in [0, 0.05) is 29.6 Å². The maximum Gasteiger partial charge on any atom is 0.227 e. The molecule has 2 amide bonds. The number of hydrogen-bond acceptors (Lipinski definition) is 3. The first-order valence-electron chi connectivity index (χ1n) is 8.92. The highest BCUT2D eigenvalue weighted by Crippen LogP contribution is 2.27. The van der Waals surface area contributed by atoms with Crippen LogP contribution in [0.1, 0.15) is 44.9 Å². The highest BCUT2D eigenvalue weighted by Gasteiger charge is 2.35. The lowest BCUT2D eigenvalue weighted by Gasteiger charge is -2.20. The summed E-state index contributed by atoms with van der Waals surface area (Å²) < 4.78 is 0. The topological polar surface area (TPSA) is 49.4 Å². The van der Waals surface area contributed by atoms with Gasteiger partial charge in [-0.3, -0.25) is 9.59 Å². The molecule has 1 atom stereocenters. The van der Waals surface area contributed by atoms with Crippen molar-refractivity contribution in [3.63, 3.8) is 0 Å². The van der Waals surface area contributed by atoms with E-state index in [1.807, 2.05) is 30.5 Å². The van der Waals surface area contributed by atoms with Crippen molar-refractivity contribution in [2.24, 2.45) is 5.92 Å². The number of carbonyl (C=O) groups is 2. The number of thioether (sulfide) groups is 1. The summed E-state index contributed by atoms with van der Waals surface area (Å²) in [6, 6.07) is 8.27. The number of hydrogen-bond donors (Lipinski definition) is 1. The SMILES string of the molecule is CSc1ccc(N2CC(C(=O)NC3CCCCCC3)CC2=O)cc1. The largest absolute Gasteiger partial charge is 0.353 e. The fourth-order valence-electron chi connectivity index (χ4n) is 3.64. The molecule has 1 saturated heterocycles. The van der Waals surface area contributed by atoms with Crippen molar-refractivity contribution in [2.45, 2.75) is 55.9 Å². The third-order valence-corrected chi connectivity index (χ3v) is 5.83. The molecule has 2 aliphatic rings. The quantitative estimate of drug-likeness (QED) is 0.669. The predicted molar refractivity (Wildman–Crippen MR) is 98.3 cm³/mol. The highest BCUT2D eigenvalue weighted by atomic mass is 32.2. The van der Waals surface area contributed by atoms with E-state index in [4.69, 9.17) is 0 Å². The summed E-state index contributed by atoms with van der Waals surface area (Å²) in [5.74, 6) is -0.118. The Bertz CT molecular complexity index is 580. The van der Waals surface area contributed by atoms with Gasteiger partial charge in [0.05, 0.1) is 5.92 Å². The van der Waals surface area contributed by atoms with Gasteiger partial charge in [0.25, 0.3) is 0 Å². The minimum atomic E-state index is -0.221. The summed E-state index contributed by atoms with van der Waals surface area (Å²) >= 11 is 1.68. The van der Waals surface area contributed by atoms with Crippen molar-refractivity contribution >= 4 is 29.3 Å². The molecule has 1 N–H and O–H groups in total. The predicted octanol–water partition coefficient (Wildman–Crippen LogP) is 3.60. The van der Waals surface area contributed by atoms with E-state index < -0.39 is 0 Å². The number of carbonyl (C=O) groups excluding carboxylic acids is 2. The van der Waals surface area contributed by atoms with Gasteiger partial charge in [-0.15, -0.1) is 11.8 Å². The minimum absolute atomic E-state index is 0.0490. The molecular weight excluding hydrogens is 320 g/mol. The molecular formula is C19H26N2O2S. The van der Waals surface area contributed by atoms with Crippen LogP contribution in [0.4, 0.5) is 5.69 Å². The Hall–Kier alpha value is -1.49. The van der Waals surface area contributed by atoms with Gasteiger partial charge in [0.2, 0.25) is 11.8 Å². The monoisotopic (exact) mass is 346 g/mol. The van der Waals surface area contributed by atoms with Crippen LogP contribution in [0.25, 0.3) is 0 Å². The standard InChI is InChI=1S/C19H26N2O2S/c1-24-17-10-8-16(9-11-17)21-13-14(12-18(21)22)19(23)20-15-6-4-2-3-5-7-15/h8-11,14-15H,2-7,12-13H2,1H3,(H,20,23). The zero-order valence-corrected chi connectivity index (χ0v) is 15.1. The molecule has 0 spiro atoms. The van der Waals surface area contributed by atoms with E-state index in [0.717, 1.165) is 18.5 Å². The molecule has 4 nitrogen and oxygen atoms in total. The molecule has 3 rings (SSSR count). The van der Waals surface area contributed by atoms with Crippen LogP contribution in [0.15, 0.2) is 29.2 Å². The average Bonchev–Trinajstić information content (AvgIpc) is 2.81. The van der Waals surface area contributed by atoms with Crippen LogP contribution in [0, 0.1) is 5.92 Å². The molecule has 1 saturated carbocycles. The van der Waals surface area contributed by atoms with E-state index in [2.05, 4.69) is 5.32 Å². The number of benzene rings is 1. The molecule has 130 valence electrons. The molecule has 1 aromatic carbocycles. The molecule has 1 aliphatic heterocycles. The van der Waals surface area contributed by atoms with Crippen molar-refractivity contribution in [1.29, 1.82) is 0 Å². The van der Waals surface area contributed by atoms with Crippen molar-refractivity contribution in [3.8, 4) is 0 Å². The van der Waals surface area contributed by atoms with E-state index in [0.29, 0.717) is 19.0 Å². The summed E-state index contributed by atoms with van der Waals surface area (Å²) in [4.78, 5) is 27.8. The molecule has 1 unspecified atom stereocenters. The average molecular weight is 346 g/mol. The van der Waals surface area contributed by atoms with Crippen molar-refractivity contribution in [3.05, 3.63) is 24.3 Å². The van der Waals surface area contributed by atoms with Gasteiger partial charge in [-0.05, 0) is 43.4 Å². The number of amides is 2. The van der Waals surface area contributed by atoms with Crippen molar-refractivity contribution < 1.29 is 9.59 Å². The van der Waals surface area contributed by atoms with Crippen molar-refractivity contribution in [2.75, 3.05) is 17.7 Å². The summed E-state index contributed by atoms with van der Waals surface area (Å²) in [7, 11) is 0. The zero-order valence-electron chi connectivity index (χ0n) is 14.3. The van der Waals surface area contributed by atoms with Crippen LogP contribution < -0.4 is 10.2 Å². The molecule has 1 aromatic rings. The van der Waals surface area contributed by atoms with E-state index >= 15 is 0 Å². The van der Waals surface area contributed by atoms with E-state index in [9.17, 15) is 9.59 Å². The third-order valence-electron chi connectivity index (χ3n) is 5.08. The molecule has 1 heterocycles. The zero-order chi connectivity index (χ0) is 16.9. The van der Waals surface area contributed by atoms with Crippen LogP contribution in [0.5, 0.6) is 0 Å². The first-order chi connectivity index (χ1) is 11.7. The molecule has 24 heavy (non-hydrogen) atoms. The van der Waals surface area contributed by atoms with Crippen LogP contribution in [0.2, 0.25) is 0 Å². The summed E-state index contributed by atoms with van der Waals surface area (Å²) in [6.07, 6.45) is 9.44. The number of rotatable bonds is 4. The smallest absolute Gasteiger partial charge is 0.227 e. The fourth-order valence-corrected chi connectivity index (χ4v) is 4.05. The minimum Gasteiger partial charge on any atom is -0.353 e. The first kappa shape index (κ1) is 17.3. The van der Waals surface area contributed by atoms with Crippen LogP contribution in [-0.4, -0.2) is 30.7 Å². The Labute approximate surface area is 148 Å². The Morgan fingerprint density at radius 3 is 2.42 bits per heavy atom. The number of nitrogens with one attached hydrogen (secondary N) is 1. The Morgan fingerprint density at radius 2 is 1.79 bits per heavy atom. The van der Waals surface area contributed by atoms with Crippen LogP contribution >= 0.6 is 11.8 Å². The summed E-state index contributed by atoms with van der Waals surface area (Å²) in [5, 5.41) is 3.19. The summed E-state index contributed by atoms with van der Waals surface area (Å²) in [6.45, 7) is 0.496. The maximum atomic E-state index is 12.6. The van der Waals surface area contributed by atoms with Crippen LogP contribution in [-0.2, 0) is 9.59 Å². The molecule has 1 aliphatic carbocycles. The van der Waals surface area contributed by atoms with Gasteiger partial charge in [-0.1, -0.05) is 25.7 Å². The van der Waals surface area contributed by atoms with E-state index in [-0.39, 0.29) is 17.7 Å². The first-order valence-corrected chi connectivity index (χ1v) is 10.1. The lowest BCUT2D eigenvalue weighted by Crippen LogP contribution is -2.39. The van der Waals surface area contributed by atoms with Gasteiger partial charge >= 0.3 is 0 Å². The molecule has 2 fully saturated rings. The second-order valence-corrected chi connectivity index (χ2v) is 7.68. The lowest BCUT2D eigenvalue weighted by molar-refractivity contribution is -0.127. The second-order valence-electron chi connectivity index (χ2n) is 6.80. The Kier molecular flexibility index (Phi) is 5.82. The Balaban J connectivity index is 1.59. The van der Waals surface area contributed by atoms with Gasteiger partial charge in [-0.25, -0.2) is 0 Å². The lowest BCUT2D eigenvalue weighted by atomic mass is 10.0.